The molecule has 0 unspecified atom stereocenters. The van der Waals surface area contributed by atoms with E-state index in [1.807, 2.05) is 18.3 Å². The van der Waals surface area contributed by atoms with Crippen LogP contribution in [0.25, 0.3) is 33.4 Å². The molecule has 1 aromatic carbocycles. The van der Waals surface area contributed by atoms with Gasteiger partial charge in [-0.05, 0) is 35.9 Å². The molecule has 12 heteroatoms. The van der Waals surface area contributed by atoms with Crippen molar-refractivity contribution in [1.29, 1.82) is 0 Å². The van der Waals surface area contributed by atoms with Crippen LogP contribution in [-0.2, 0) is 10.0 Å². The molecular weight excluding hydrogens is 476 g/mol. The van der Waals surface area contributed by atoms with E-state index in [1.54, 1.807) is 24.4 Å². The second-order valence-corrected chi connectivity index (χ2v) is 9.80. The monoisotopic (exact) mass is 493 g/mol. The first-order valence-corrected chi connectivity index (χ1v) is 11.9. The van der Waals surface area contributed by atoms with E-state index >= 15 is 0 Å². The van der Waals surface area contributed by atoms with Crippen molar-refractivity contribution >= 4 is 32.3 Å². The van der Waals surface area contributed by atoms with Crippen molar-refractivity contribution in [2.75, 3.05) is 13.6 Å². The van der Waals surface area contributed by atoms with E-state index in [-0.39, 0.29) is 10.6 Å². The summed E-state index contributed by atoms with van der Waals surface area (Å²) in [6.07, 6.45) is 7.63. The van der Waals surface area contributed by atoms with E-state index in [0.717, 1.165) is 27.4 Å². The SMILES string of the molecule is CN1C=C(c2cnc3cnn(S(=O)(=O)c4cnc5ccc(-c6ccc(F)cc6F)cn45)c3c2)CN1. The highest BCUT2D eigenvalue weighted by Gasteiger charge is 2.26. The first-order valence-electron chi connectivity index (χ1n) is 10.5. The quantitative estimate of drug-likeness (QED) is 0.411. The van der Waals surface area contributed by atoms with Crippen LogP contribution in [0.1, 0.15) is 5.56 Å². The first-order chi connectivity index (χ1) is 16.8. The van der Waals surface area contributed by atoms with E-state index < -0.39 is 21.7 Å². The maximum atomic E-state index is 14.4. The molecule has 0 bridgehead atoms. The Balaban J connectivity index is 1.49. The van der Waals surface area contributed by atoms with E-state index in [4.69, 9.17) is 0 Å². The van der Waals surface area contributed by atoms with Crippen LogP contribution in [0.3, 0.4) is 0 Å². The van der Waals surface area contributed by atoms with Gasteiger partial charge in [-0.1, -0.05) is 0 Å². The minimum Gasteiger partial charge on any atom is -0.318 e. The largest absolute Gasteiger partial charge is 0.318 e. The van der Waals surface area contributed by atoms with Gasteiger partial charge in [0.15, 0.2) is 5.03 Å². The van der Waals surface area contributed by atoms with Crippen LogP contribution in [0.2, 0.25) is 0 Å². The average molecular weight is 493 g/mol. The van der Waals surface area contributed by atoms with Gasteiger partial charge in [0.1, 0.15) is 28.3 Å². The van der Waals surface area contributed by atoms with Gasteiger partial charge in [-0.15, -0.1) is 0 Å². The summed E-state index contributed by atoms with van der Waals surface area (Å²) in [6.45, 7) is 0.584. The molecule has 0 atom stereocenters. The number of rotatable bonds is 4. The van der Waals surface area contributed by atoms with Crippen LogP contribution >= 0.6 is 0 Å². The number of hydrogen-bond donors (Lipinski definition) is 1. The fourth-order valence-electron chi connectivity index (χ4n) is 4.08. The van der Waals surface area contributed by atoms with Crippen molar-refractivity contribution in [2.45, 2.75) is 5.03 Å². The van der Waals surface area contributed by atoms with E-state index in [0.29, 0.717) is 28.8 Å². The van der Waals surface area contributed by atoms with Crippen LogP contribution < -0.4 is 5.43 Å². The second kappa shape index (κ2) is 7.68. The summed E-state index contributed by atoms with van der Waals surface area (Å²) in [5.74, 6) is -1.46. The summed E-state index contributed by atoms with van der Waals surface area (Å²) in [6, 6.07) is 8.10. The number of pyridine rings is 2. The van der Waals surface area contributed by atoms with Gasteiger partial charge in [-0.2, -0.15) is 17.6 Å². The summed E-state index contributed by atoms with van der Waals surface area (Å²) in [5, 5.41) is 5.75. The van der Waals surface area contributed by atoms with E-state index in [9.17, 15) is 17.2 Å². The maximum absolute atomic E-state index is 14.4. The van der Waals surface area contributed by atoms with Crippen LogP contribution in [0.5, 0.6) is 0 Å². The highest BCUT2D eigenvalue weighted by Crippen LogP contribution is 2.27. The Morgan fingerprint density at radius 3 is 2.63 bits per heavy atom. The third-order valence-electron chi connectivity index (χ3n) is 5.83. The highest BCUT2D eigenvalue weighted by molar-refractivity contribution is 7.90. The van der Waals surface area contributed by atoms with Gasteiger partial charge in [0.25, 0.3) is 0 Å². The second-order valence-electron chi connectivity index (χ2n) is 8.09. The molecule has 1 aliphatic rings. The molecule has 1 N–H and O–H groups in total. The normalized spacial score (nSPS) is 14.3. The lowest BCUT2D eigenvalue weighted by atomic mass is 10.1. The van der Waals surface area contributed by atoms with E-state index in [1.165, 1.54) is 29.1 Å². The fraction of sp³-hybridized carbons (Fsp3) is 0.0870. The summed E-state index contributed by atoms with van der Waals surface area (Å²) >= 11 is 0. The van der Waals surface area contributed by atoms with Crippen molar-refractivity contribution in [2.24, 2.45) is 0 Å². The minimum atomic E-state index is -4.21. The molecule has 1 aliphatic heterocycles. The fourth-order valence-corrected chi connectivity index (χ4v) is 5.42. The predicted octanol–water partition coefficient (Wildman–Crippen LogP) is 3.05. The number of benzene rings is 1. The van der Waals surface area contributed by atoms with Gasteiger partial charge < -0.3 is 5.01 Å². The van der Waals surface area contributed by atoms with Gasteiger partial charge in [0, 0.05) is 54.9 Å². The van der Waals surface area contributed by atoms with Gasteiger partial charge in [-0.3, -0.25) is 9.38 Å². The molecule has 0 aliphatic carbocycles. The Morgan fingerprint density at radius 2 is 1.86 bits per heavy atom. The third-order valence-corrected chi connectivity index (χ3v) is 7.41. The Morgan fingerprint density at radius 1 is 1.00 bits per heavy atom. The van der Waals surface area contributed by atoms with Crippen molar-refractivity contribution in [3.8, 4) is 11.1 Å². The standard InChI is InChI=1S/C23H17F2N7O2S/c1-30-12-16(9-28-30)15-6-21-20(26-8-15)10-29-32(21)35(33,34)23-11-27-22-5-2-14(13-31(22)23)18-4-3-17(24)7-19(18)25/h2-8,10-13,28H,9H2,1H3. The van der Waals surface area contributed by atoms with Crippen molar-refractivity contribution in [3.63, 3.8) is 0 Å². The van der Waals surface area contributed by atoms with Crippen molar-refractivity contribution in [3.05, 3.63) is 84.6 Å². The number of nitrogens with one attached hydrogen (secondary N) is 1. The number of hydrogen-bond acceptors (Lipinski definition) is 7. The smallest absolute Gasteiger partial charge is 0.301 e. The molecule has 0 saturated carbocycles. The molecule has 4 aromatic heterocycles. The maximum Gasteiger partial charge on any atom is 0.301 e. The zero-order chi connectivity index (χ0) is 24.3. The lowest BCUT2D eigenvalue weighted by molar-refractivity contribution is 0.374. The van der Waals surface area contributed by atoms with Crippen LogP contribution in [0.15, 0.2) is 72.4 Å². The third kappa shape index (κ3) is 3.45. The minimum absolute atomic E-state index is 0.132. The molecule has 9 nitrogen and oxygen atoms in total. The molecule has 5 heterocycles. The molecule has 5 aromatic rings. The van der Waals surface area contributed by atoms with Gasteiger partial charge in [0.05, 0.1) is 12.4 Å². The lowest BCUT2D eigenvalue weighted by Crippen LogP contribution is -2.23. The van der Waals surface area contributed by atoms with Gasteiger partial charge in [-0.25, -0.2) is 19.2 Å². The van der Waals surface area contributed by atoms with Gasteiger partial charge >= 0.3 is 10.0 Å². The Kier molecular flexibility index (Phi) is 4.69. The molecule has 0 radical (unpaired) electrons. The summed E-state index contributed by atoms with van der Waals surface area (Å²) in [5.41, 5.74) is 6.42. The highest BCUT2D eigenvalue weighted by atomic mass is 32.2. The van der Waals surface area contributed by atoms with Crippen molar-refractivity contribution in [1.82, 2.24) is 34.0 Å². The molecular formula is C23H17F2N7O2S. The molecule has 0 saturated heterocycles. The molecule has 35 heavy (non-hydrogen) atoms. The van der Waals surface area contributed by atoms with Gasteiger partial charge in [0.2, 0.25) is 0 Å². The Bertz CT molecular complexity index is 1780. The molecule has 0 fully saturated rings. The first kappa shape index (κ1) is 21.4. The number of halogens is 2. The topological polar surface area (TPSA) is 97.4 Å². The van der Waals surface area contributed by atoms with Crippen molar-refractivity contribution < 1.29 is 17.2 Å². The molecule has 0 spiro atoms. The molecule has 0 amide bonds. The molecule has 6 rings (SSSR count). The Hall–Kier alpha value is -4.16. The molecule has 176 valence electrons. The van der Waals surface area contributed by atoms with Crippen LogP contribution in [-0.4, -0.2) is 50.6 Å². The van der Waals surface area contributed by atoms with Crippen LogP contribution in [0, 0.1) is 11.6 Å². The number of hydrazine groups is 1. The predicted molar refractivity (Wildman–Crippen MR) is 124 cm³/mol. The van der Waals surface area contributed by atoms with Crippen LogP contribution in [0.4, 0.5) is 8.78 Å². The average Bonchev–Trinajstić information content (AvgIpc) is 3.56. The summed E-state index contributed by atoms with van der Waals surface area (Å²) in [7, 11) is -2.34. The zero-order valence-corrected chi connectivity index (χ0v) is 19.0. The summed E-state index contributed by atoms with van der Waals surface area (Å²) < 4.78 is 57.4. The zero-order valence-electron chi connectivity index (χ0n) is 18.2. The number of nitrogens with zero attached hydrogens (tertiary/aromatic N) is 6. The number of fused-ring (bicyclic) bond motifs is 2. The Labute approximate surface area is 198 Å². The summed E-state index contributed by atoms with van der Waals surface area (Å²) in [4.78, 5) is 8.56. The number of imidazole rings is 1. The lowest BCUT2D eigenvalue weighted by Gasteiger charge is -2.09. The number of aromatic nitrogens is 5. The van der Waals surface area contributed by atoms with E-state index in [2.05, 4.69) is 20.5 Å².